The largest absolute Gasteiger partial charge is 0.490 e. The molecule has 2 unspecified atom stereocenters. The van der Waals surface area contributed by atoms with Gasteiger partial charge in [-0.05, 0) is 55.4 Å². The first-order valence-electron chi connectivity index (χ1n) is 7.60. The lowest BCUT2D eigenvalue weighted by Gasteiger charge is -2.28. The summed E-state index contributed by atoms with van der Waals surface area (Å²) in [6.45, 7) is 0. The zero-order valence-corrected chi connectivity index (χ0v) is 13.1. The van der Waals surface area contributed by atoms with Crippen molar-refractivity contribution in [1.82, 2.24) is 0 Å². The van der Waals surface area contributed by atoms with Gasteiger partial charge in [-0.15, -0.1) is 0 Å². The second-order valence-electron chi connectivity index (χ2n) is 6.27. The van der Waals surface area contributed by atoms with E-state index in [2.05, 4.69) is 0 Å². The van der Waals surface area contributed by atoms with Gasteiger partial charge in [0.2, 0.25) is 0 Å². The Morgan fingerprint density at radius 1 is 1.24 bits per heavy atom. The average molecular weight is 310 g/mol. The predicted molar refractivity (Wildman–Crippen MR) is 81.2 cm³/mol. The molecule has 21 heavy (non-hydrogen) atoms. The Labute approximate surface area is 126 Å². The van der Waals surface area contributed by atoms with Crippen LogP contribution in [0.3, 0.4) is 0 Å². The van der Waals surface area contributed by atoms with Gasteiger partial charge in [0, 0.05) is 12.7 Å². The van der Waals surface area contributed by atoms with Crippen molar-refractivity contribution in [3.63, 3.8) is 0 Å². The zero-order chi connectivity index (χ0) is 15.0. The molecule has 1 saturated carbocycles. The third-order valence-electron chi connectivity index (χ3n) is 4.65. The summed E-state index contributed by atoms with van der Waals surface area (Å²) < 4.78 is 29.4. The fourth-order valence-corrected chi connectivity index (χ4v) is 4.59. The van der Waals surface area contributed by atoms with E-state index >= 15 is 0 Å². The second-order valence-corrected chi connectivity index (χ2v) is 8.60. The maximum Gasteiger partial charge on any atom is 0.150 e. The minimum Gasteiger partial charge on any atom is -0.490 e. The maximum atomic E-state index is 11.7. The highest BCUT2D eigenvalue weighted by Gasteiger charge is 2.30. The van der Waals surface area contributed by atoms with E-state index in [0.29, 0.717) is 6.42 Å². The first-order chi connectivity index (χ1) is 9.93. The molecule has 1 fully saturated rings. The summed E-state index contributed by atoms with van der Waals surface area (Å²) in [4.78, 5) is 0. The minimum atomic E-state index is -2.98. The van der Waals surface area contributed by atoms with Crippen molar-refractivity contribution >= 4 is 9.84 Å². The summed E-state index contributed by atoms with van der Waals surface area (Å²) >= 11 is 0. The van der Waals surface area contributed by atoms with Gasteiger partial charge >= 0.3 is 0 Å². The number of hydrogen-bond donors (Lipinski definition) is 1. The SMILES string of the molecule is CS(=O)(=O)C1CCCC(Oc2ccc3c(c2)CC[C@H]3O)C1. The highest BCUT2D eigenvalue weighted by molar-refractivity contribution is 7.91. The molecule has 1 N–H and O–H groups in total. The van der Waals surface area contributed by atoms with Gasteiger partial charge in [0.05, 0.1) is 17.5 Å². The van der Waals surface area contributed by atoms with Gasteiger partial charge in [-0.25, -0.2) is 8.42 Å². The highest BCUT2D eigenvalue weighted by Crippen LogP contribution is 2.34. The molecule has 3 rings (SSSR count). The molecule has 0 aliphatic heterocycles. The molecular weight excluding hydrogens is 288 g/mol. The fourth-order valence-electron chi connectivity index (χ4n) is 3.44. The molecular formula is C16H22O4S. The van der Waals surface area contributed by atoms with Crippen LogP contribution in [0.25, 0.3) is 0 Å². The van der Waals surface area contributed by atoms with Crippen molar-refractivity contribution in [3.05, 3.63) is 29.3 Å². The van der Waals surface area contributed by atoms with Crippen LogP contribution in [-0.2, 0) is 16.3 Å². The fraction of sp³-hybridized carbons (Fsp3) is 0.625. The number of aliphatic hydroxyl groups is 1. The Morgan fingerprint density at radius 2 is 2.05 bits per heavy atom. The Kier molecular flexibility index (Phi) is 3.97. The van der Waals surface area contributed by atoms with Gasteiger partial charge < -0.3 is 9.84 Å². The van der Waals surface area contributed by atoms with Gasteiger partial charge in [0.25, 0.3) is 0 Å². The van der Waals surface area contributed by atoms with Gasteiger partial charge in [-0.3, -0.25) is 0 Å². The van der Waals surface area contributed by atoms with E-state index in [9.17, 15) is 13.5 Å². The molecule has 1 aromatic rings. The van der Waals surface area contributed by atoms with Crippen LogP contribution < -0.4 is 4.74 Å². The number of ether oxygens (including phenoxy) is 1. The standard InChI is InChI=1S/C16H22O4S/c1-21(18,19)14-4-2-3-12(10-14)20-13-6-7-15-11(9-13)5-8-16(15)17/h6-7,9,12,14,16-17H,2-5,8,10H2,1H3/t12?,14?,16-/m1/s1. The van der Waals surface area contributed by atoms with E-state index in [1.807, 2.05) is 18.2 Å². The molecule has 0 saturated heterocycles. The average Bonchev–Trinajstić information content (AvgIpc) is 2.79. The van der Waals surface area contributed by atoms with Crippen LogP contribution in [0.15, 0.2) is 18.2 Å². The van der Waals surface area contributed by atoms with Crippen molar-refractivity contribution in [1.29, 1.82) is 0 Å². The first-order valence-corrected chi connectivity index (χ1v) is 9.55. The highest BCUT2D eigenvalue weighted by atomic mass is 32.2. The van der Waals surface area contributed by atoms with Crippen molar-refractivity contribution in [2.45, 2.75) is 56.0 Å². The Hall–Kier alpha value is -1.07. The number of aryl methyl sites for hydroxylation is 1. The Balaban J connectivity index is 1.69. The summed E-state index contributed by atoms with van der Waals surface area (Å²) in [5.41, 5.74) is 2.15. The summed E-state index contributed by atoms with van der Waals surface area (Å²) in [7, 11) is -2.98. The summed E-state index contributed by atoms with van der Waals surface area (Å²) in [6.07, 6.45) is 5.73. The summed E-state index contributed by atoms with van der Waals surface area (Å²) in [6, 6.07) is 5.81. The molecule has 2 aliphatic carbocycles. The lowest BCUT2D eigenvalue weighted by atomic mass is 9.97. The van der Waals surface area contributed by atoms with Gasteiger partial charge in [-0.1, -0.05) is 6.07 Å². The van der Waals surface area contributed by atoms with Gasteiger partial charge in [-0.2, -0.15) is 0 Å². The molecule has 1 aromatic carbocycles. The number of sulfone groups is 1. The second kappa shape index (κ2) is 5.61. The van der Waals surface area contributed by atoms with Gasteiger partial charge in [0.1, 0.15) is 15.6 Å². The van der Waals surface area contributed by atoms with Crippen molar-refractivity contribution in [3.8, 4) is 5.75 Å². The van der Waals surface area contributed by atoms with Crippen LogP contribution in [0.5, 0.6) is 5.75 Å². The molecule has 0 amide bonds. The maximum absolute atomic E-state index is 11.7. The van der Waals surface area contributed by atoms with Crippen molar-refractivity contribution in [2.75, 3.05) is 6.26 Å². The molecule has 2 aliphatic rings. The molecule has 0 spiro atoms. The minimum absolute atomic E-state index is 0.0251. The Morgan fingerprint density at radius 3 is 2.81 bits per heavy atom. The molecule has 5 heteroatoms. The third-order valence-corrected chi connectivity index (χ3v) is 6.29. The van der Waals surface area contributed by atoms with E-state index < -0.39 is 9.84 Å². The van der Waals surface area contributed by atoms with Gasteiger partial charge in [0.15, 0.2) is 0 Å². The lowest BCUT2D eigenvalue weighted by molar-refractivity contribution is 0.156. The van der Waals surface area contributed by atoms with E-state index in [4.69, 9.17) is 4.74 Å². The molecule has 0 aromatic heterocycles. The van der Waals surface area contributed by atoms with Crippen molar-refractivity contribution < 1.29 is 18.3 Å². The molecule has 116 valence electrons. The van der Waals surface area contributed by atoms with E-state index in [0.717, 1.165) is 49.0 Å². The van der Waals surface area contributed by atoms with Crippen LogP contribution >= 0.6 is 0 Å². The normalized spacial score (nSPS) is 29.1. The topological polar surface area (TPSA) is 63.6 Å². The summed E-state index contributed by atoms with van der Waals surface area (Å²) in [5.74, 6) is 0.794. The number of rotatable bonds is 3. The van der Waals surface area contributed by atoms with Crippen LogP contribution in [0.1, 0.15) is 49.3 Å². The molecule has 0 heterocycles. The zero-order valence-electron chi connectivity index (χ0n) is 12.3. The molecule has 0 radical (unpaired) electrons. The number of aliphatic hydroxyl groups excluding tert-OH is 1. The summed E-state index contributed by atoms with van der Waals surface area (Å²) in [5, 5.41) is 9.54. The number of fused-ring (bicyclic) bond motifs is 1. The Bertz CT molecular complexity index is 623. The molecule has 0 bridgehead atoms. The quantitative estimate of drug-likeness (QED) is 0.931. The van der Waals surface area contributed by atoms with Crippen LogP contribution in [0.4, 0.5) is 0 Å². The first kappa shape index (κ1) is 14.9. The monoisotopic (exact) mass is 310 g/mol. The smallest absolute Gasteiger partial charge is 0.150 e. The molecule has 3 atom stereocenters. The lowest BCUT2D eigenvalue weighted by Crippen LogP contribution is -2.33. The van der Waals surface area contributed by atoms with Crippen LogP contribution in [0, 0.1) is 0 Å². The van der Waals surface area contributed by atoms with E-state index in [1.165, 1.54) is 6.26 Å². The van der Waals surface area contributed by atoms with E-state index in [-0.39, 0.29) is 17.5 Å². The van der Waals surface area contributed by atoms with Crippen LogP contribution in [0.2, 0.25) is 0 Å². The predicted octanol–water partition coefficient (Wildman–Crippen LogP) is 2.40. The van der Waals surface area contributed by atoms with E-state index in [1.54, 1.807) is 0 Å². The van der Waals surface area contributed by atoms with Crippen molar-refractivity contribution in [2.24, 2.45) is 0 Å². The van der Waals surface area contributed by atoms with Crippen LogP contribution in [-0.4, -0.2) is 31.1 Å². The molecule has 4 nitrogen and oxygen atoms in total. The number of benzene rings is 1. The third kappa shape index (κ3) is 3.24. The number of hydrogen-bond acceptors (Lipinski definition) is 4.